The Bertz CT molecular complexity index is 1310. The molecule has 0 radical (unpaired) electrons. The van der Waals surface area contributed by atoms with E-state index in [-0.39, 0.29) is 0 Å². The fourth-order valence-corrected chi connectivity index (χ4v) is 5.67. The minimum absolute atomic E-state index is 0.805. The first-order valence-electron chi connectivity index (χ1n) is 10.9. The maximum atomic E-state index is 10.4. The molecule has 1 aliphatic heterocycles. The lowest BCUT2D eigenvalue weighted by Gasteiger charge is -2.32. The van der Waals surface area contributed by atoms with Gasteiger partial charge in [0.05, 0.1) is 24.1 Å². The van der Waals surface area contributed by atoms with Gasteiger partial charge in [-0.1, -0.05) is 30.3 Å². The number of anilines is 1. The molecule has 1 heterocycles. The summed E-state index contributed by atoms with van der Waals surface area (Å²) in [5, 5.41) is 12.7. The van der Waals surface area contributed by atoms with Crippen molar-refractivity contribution in [3.63, 3.8) is 0 Å². The number of nitrogens with zero attached hydrogens (tertiary/aromatic N) is 2. The molecule has 2 aromatic rings. The number of piperidine rings is 1. The monoisotopic (exact) mass is 392 g/mol. The number of rotatable bonds is 2. The van der Waals surface area contributed by atoms with Crippen LogP contribution in [-0.4, -0.2) is 20.2 Å². The van der Waals surface area contributed by atoms with Crippen LogP contribution in [0.2, 0.25) is 0 Å². The van der Waals surface area contributed by atoms with Gasteiger partial charge in [-0.3, -0.25) is 0 Å². The number of hydrogen-bond acceptors (Lipinski definition) is 3. The van der Waals surface area contributed by atoms with Crippen LogP contribution in [0.1, 0.15) is 42.4 Å². The first kappa shape index (κ1) is 17.6. The third kappa shape index (κ3) is 2.37. The quantitative estimate of drug-likeness (QED) is 0.663. The van der Waals surface area contributed by atoms with Gasteiger partial charge in [0.25, 0.3) is 0 Å². The lowest BCUT2D eigenvalue weighted by atomic mass is 9.93. The van der Waals surface area contributed by atoms with E-state index in [4.69, 9.17) is 4.74 Å². The molecule has 3 heteroatoms. The number of nitriles is 1. The summed E-state index contributed by atoms with van der Waals surface area (Å²) in [6.45, 7) is 2.08. The summed E-state index contributed by atoms with van der Waals surface area (Å²) in [4.78, 5) is 2.49. The Morgan fingerprint density at radius 2 is 1.90 bits per heavy atom. The maximum Gasteiger partial charge on any atom is 0.102 e. The summed E-state index contributed by atoms with van der Waals surface area (Å²) in [5.41, 5.74) is 9.80. The summed E-state index contributed by atoms with van der Waals surface area (Å²) >= 11 is 0. The van der Waals surface area contributed by atoms with E-state index in [1.165, 1.54) is 58.0 Å². The molecule has 148 valence electrons. The Morgan fingerprint density at radius 3 is 2.70 bits per heavy atom. The highest BCUT2D eigenvalue weighted by molar-refractivity contribution is 5.96. The van der Waals surface area contributed by atoms with Crippen molar-refractivity contribution in [2.24, 2.45) is 0 Å². The molecule has 0 unspecified atom stereocenters. The molecule has 6 rings (SSSR count). The van der Waals surface area contributed by atoms with Crippen LogP contribution < -0.4 is 15.3 Å². The topological polar surface area (TPSA) is 36.3 Å². The van der Waals surface area contributed by atoms with Crippen molar-refractivity contribution < 1.29 is 4.74 Å². The SMILES string of the molecule is COC1=CC2=c3c(C#N)c(N4CCCCC4)c4c(c3=CC2=CC1)-c1ccccc1C4. The van der Waals surface area contributed by atoms with Crippen LogP contribution >= 0.6 is 0 Å². The first-order valence-corrected chi connectivity index (χ1v) is 10.9. The van der Waals surface area contributed by atoms with Crippen molar-refractivity contribution in [1.29, 1.82) is 5.26 Å². The van der Waals surface area contributed by atoms with E-state index in [1.54, 1.807) is 7.11 Å². The Balaban J connectivity index is 1.76. The molecular weight excluding hydrogens is 368 g/mol. The van der Waals surface area contributed by atoms with Gasteiger partial charge < -0.3 is 9.64 Å². The molecular formula is C27H24N2O. The smallest absolute Gasteiger partial charge is 0.102 e. The largest absolute Gasteiger partial charge is 0.501 e. The Labute approximate surface area is 176 Å². The normalized spacial score (nSPS) is 18.4. The molecule has 0 N–H and O–H groups in total. The van der Waals surface area contributed by atoms with Gasteiger partial charge in [0.15, 0.2) is 0 Å². The van der Waals surface area contributed by atoms with E-state index in [2.05, 4.69) is 53.5 Å². The molecule has 0 atom stereocenters. The molecule has 30 heavy (non-hydrogen) atoms. The van der Waals surface area contributed by atoms with Crippen LogP contribution in [0.5, 0.6) is 0 Å². The van der Waals surface area contributed by atoms with Crippen molar-refractivity contribution in [3.8, 4) is 17.2 Å². The zero-order valence-electron chi connectivity index (χ0n) is 17.3. The van der Waals surface area contributed by atoms with Crippen LogP contribution in [0.25, 0.3) is 22.8 Å². The predicted molar refractivity (Wildman–Crippen MR) is 120 cm³/mol. The Morgan fingerprint density at radius 1 is 1.07 bits per heavy atom. The minimum atomic E-state index is 0.805. The number of hydrogen-bond donors (Lipinski definition) is 0. The van der Waals surface area contributed by atoms with Crippen molar-refractivity contribution in [2.75, 3.05) is 25.1 Å². The van der Waals surface area contributed by atoms with Crippen LogP contribution in [0.3, 0.4) is 0 Å². The van der Waals surface area contributed by atoms with Crippen molar-refractivity contribution in [3.05, 3.63) is 74.9 Å². The van der Waals surface area contributed by atoms with Crippen LogP contribution in [0.15, 0.2) is 47.7 Å². The standard InChI is InChI=1S/C27H24N2O/c1-30-19-10-9-18-13-22-25-20-8-4-3-7-17(20)14-23(25)27(29-11-5-2-6-12-29)24(16-28)26(22)21(18)15-19/h3-4,7-9,13,15H,2,5-6,10-12,14H2,1H3. The molecule has 0 saturated carbocycles. The molecule has 0 aromatic heterocycles. The number of ether oxygens (including phenoxy) is 1. The van der Waals surface area contributed by atoms with E-state index < -0.39 is 0 Å². The lowest BCUT2D eigenvalue weighted by molar-refractivity contribution is 0.284. The van der Waals surface area contributed by atoms with Gasteiger partial charge in [-0.25, -0.2) is 0 Å². The molecule has 3 aliphatic carbocycles. The second-order valence-electron chi connectivity index (χ2n) is 8.60. The molecule has 1 fully saturated rings. The zero-order valence-corrected chi connectivity index (χ0v) is 17.3. The van der Waals surface area contributed by atoms with Crippen molar-refractivity contribution >= 4 is 17.3 Å². The number of benzene rings is 2. The Kier molecular flexibility index (Phi) is 3.89. The highest BCUT2D eigenvalue weighted by Gasteiger charge is 2.31. The van der Waals surface area contributed by atoms with Gasteiger partial charge in [0.2, 0.25) is 0 Å². The van der Waals surface area contributed by atoms with Gasteiger partial charge in [-0.05, 0) is 70.0 Å². The molecule has 1 saturated heterocycles. The minimum Gasteiger partial charge on any atom is -0.501 e. The van der Waals surface area contributed by atoms with E-state index >= 15 is 0 Å². The van der Waals surface area contributed by atoms with Gasteiger partial charge in [-0.2, -0.15) is 5.26 Å². The average Bonchev–Trinajstić information content (AvgIpc) is 3.36. The molecule has 0 spiro atoms. The summed E-state index contributed by atoms with van der Waals surface area (Å²) in [6.07, 6.45) is 12.1. The first-order chi connectivity index (χ1) is 14.8. The van der Waals surface area contributed by atoms with E-state index in [0.29, 0.717) is 0 Å². The number of allylic oxidation sites excluding steroid dienone is 3. The van der Waals surface area contributed by atoms with Gasteiger partial charge in [0, 0.05) is 31.1 Å². The van der Waals surface area contributed by atoms with Gasteiger partial charge in [-0.15, -0.1) is 0 Å². The Hall–Kier alpha value is -3.25. The highest BCUT2D eigenvalue weighted by Crippen LogP contribution is 2.42. The summed E-state index contributed by atoms with van der Waals surface area (Å²) in [6, 6.07) is 11.4. The molecule has 0 bridgehead atoms. The molecule has 2 aromatic carbocycles. The summed E-state index contributed by atoms with van der Waals surface area (Å²) in [7, 11) is 1.73. The van der Waals surface area contributed by atoms with Crippen LogP contribution in [-0.2, 0) is 11.2 Å². The second kappa shape index (κ2) is 6.64. The molecule has 3 nitrogen and oxygen atoms in total. The van der Waals surface area contributed by atoms with Crippen LogP contribution in [0, 0.1) is 11.3 Å². The lowest BCUT2D eigenvalue weighted by Crippen LogP contribution is -2.37. The second-order valence-corrected chi connectivity index (χ2v) is 8.60. The third-order valence-corrected chi connectivity index (χ3v) is 7.02. The average molecular weight is 393 g/mol. The number of fused-ring (bicyclic) bond motifs is 6. The number of methoxy groups -OCH3 is 1. The van der Waals surface area contributed by atoms with E-state index in [0.717, 1.165) is 48.0 Å². The summed E-state index contributed by atoms with van der Waals surface area (Å²) in [5.74, 6) is 0.958. The van der Waals surface area contributed by atoms with Crippen molar-refractivity contribution in [1.82, 2.24) is 0 Å². The predicted octanol–water partition coefficient (Wildman–Crippen LogP) is 3.92. The summed E-state index contributed by atoms with van der Waals surface area (Å²) < 4.78 is 5.57. The van der Waals surface area contributed by atoms with Crippen LogP contribution in [0.4, 0.5) is 5.69 Å². The third-order valence-electron chi connectivity index (χ3n) is 7.02. The zero-order chi connectivity index (χ0) is 20.2. The maximum absolute atomic E-state index is 10.4. The molecule has 4 aliphatic rings. The van der Waals surface area contributed by atoms with E-state index in [9.17, 15) is 5.26 Å². The van der Waals surface area contributed by atoms with Crippen molar-refractivity contribution in [2.45, 2.75) is 32.1 Å². The van der Waals surface area contributed by atoms with Gasteiger partial charge in [0.1, 0.15) is 6.07 Å². The fourth-order valence-electron chi connectivity index (χ4n) is 5.67. The fraction of sp³-hybridized carbons (Fsp3) is 0.296. The molecule has 0 amide bonds. The van der Waals surface area contributed by atoms with E-state index in [1.807, 2.05) is 0 Å². The van der Waals surface area contributed by atoms with Gasteiger partial charge >= 0.3 is 0 Å². The highest BCUT2D eigenvalue weighted by atomic mass is 16.5.